The summed E-state index contributed by atoms with van der Waals surface area (Å²) in [6.45, 7) is 7.77. The molecule has 1 aromatic rings. The molecule has 0 aromatic carbocycles. The van der Waals surface area contributed by atoms with Gasteiger partial charge in [-0.05, 0) is 69.8 Å². The molecule has 196 valence electrons. The van der Waals surface area contributed by atoms with Crippen LogP contribution in [-0.4, -0.2) is 65.4 Å². The molecular weight excluding hydrogens is 460 g/mol. The SMILES string of the molecule is CC(=O)NC(C)(C)/C=C/n1ncc(C(=O)N[C@H]2C3CC4CC2C[C@](C(N)=O)(C4)C3)c1N1CCOCC1. The van der Waals surface area contributed by atoms with Crippen LogP contribution in [-0.2, 0) is 14.3 Å². The molecular formula is C26H38N6O4. The van der Waals surface area contributed by atoms with Crippen molar-refractivity contribution < 1.29 is 19.1 Å². The van der Waals surface area contributed by atoms with Crippen LogP contribution in [0.4, 0.5) is 5.82 Å². The van der Waals surface area contributed by atoms with Crippen molar-refractivity contribution in [1.82, 2.24) is 20.4 Å². The fourth-order valence-corrected chi connectivity index (χ4v) is 7.26. The highest BCUT2D eigenvalue weighted by atomic mass is 16.5. The molecule has 2 atom stereocenters. The van der Waals surface area contributed by atoms with Gasteiger partial charge in [-0.3, -0.25) is 14.4 Å². The Morgan fingerprint density at radius 3 is 2.44 bits per heavy atom. The fourth-order valence-electron chi connectivity index (χ4n) is 7.26. The highest BCUT2D eigenvalue weighted by Gasteiger charge is 2.58. The van der Waals surface area contributed by atoms with Crippen LogP contribution in [0.25, 0.3) is 6.20 Å². The lowest BCUT2D eigenvalue weighted by atomic mass is 9.47. The van der Waals surface area contributed by atoms with Gasteiger partial charge in [0.1, 0.15) is 11.4 Å². The van der Waals surface area contributed by atoms with Crippen molar-refractivity contribution in [2.45, 2.75) is 64.5 Å². The van der Waals surface area contributed by atoms with E-state index in [4.69, 9.17) is 10.5 Å². The van der Waals surface area contributed by atoms with Gasteiger partial charge in [0.05, 0.1) is 24.9 Å². The molecule has 10 nitrogen and oxygen atoms in total. The number of ether oxygens (including phenoxy) is 1. The average molecular weight is 499 g/mol. The van der Waals surface area contributed by atoms with Gasteiger partial charge in [0.15, 0.2) is 0 Å². The maximum atomic E-state index is 13.7. The lowest BCUT2D eigenvalue weighted by Gasteiger charge is -2.58. The number of hydrogen-bond acceptors (Lipinski definition) is 6. The zero-order chi connectivity index (χ0) is 25.7. The van der Waals surface area contributed by atoms with Crippen LogP contribution in [0.15, 0.2) is 12.3 Å². The Morgan fingerprint density at radius 1 is 1.17 bits per heavy atom. The number of morpholine rings is 1. The van der Waals surface area contributed by atoms with Gasteiger partial charge in [-0.25, -0.2) is 4.68 Å². The predicted octanol–water partition coefficient (Wildman–Crippen LogP) is 1.52. The molecule has 36 heavy (non-hydrogen) atoms. The summed E-state index contributed by atoms with van der Waals surface area (Å²) in [5.74, 6) is 1.41. The van der Waals surface area contributed by atoms with Gasteiger partial charge in [-0.2, -0.15) is 5.10 Å². The molecule has 1 aromatic heterocycles. The number of nitrogens with two attached hydrogens (primary N) is 1. The van der Waals surface area contributed by atoms with Gasteiger partial charge in [0, 0.05) is 37.7 Å². The molecule has 5 fully saturated rings. The predicted molar refractivity (Wildman–Crippen MR) is 135 cm³/mol. The quantitative estimate of drug-likeness (QED) is 0.522. The Morgan fingerprint density at radius 2 is 1.83 bits per heavy atom. The zero-order valence-electron chi connectivity index (χ0n) is 21.5. The smallest absolute Gasteiger partial charge is 0.256 e. The normalized spacial score (nSPS) is 31.6. The van der Waals surface area contributed by atoms with E-state index in [0.717, 1.165) is 37.9 Å². The summed E-state index contributed by atoms with van der Waals surface area (Å²) in [6.07, 6.45) is 9.85. The second kappa shape index (κ2) is 9.21. The third-order valence-corrected chi connectivity index (χ3v) is 8.55. The molecule has 0 spiro atoms. The van der Waals surface area contributed by atoms with Crippen LogP contribution >= 0.6 is 0 Å². The minimum Gasteiger partial charge on any atom is -0.378 e. The number of carbonyl (C=O) groups excluding carboxylic acids is 3. The van der Waals surface area contributed by atoms with E-state index in [1.54, 1.807) is 17.1 Å². The van der Waals surface area contributed by atoms with Gasteiger partial charge in [0.2, 0.25) is 11.8 Å². The van der Waals surface area contributed by atoms with E-state index in [0.29, 0.717) is 37.8 Å². The molecule has 4 N–H and O–H groups in total. The van der Waals surface area contributed by atoms with Crippen LogP contribution in [0, 0.1) is 23.2 Å². The molecule has 2 heterocycles. The molecule has 4 bridgehead atoms. The molecule has 1 saturated heterocycles. The second-order valence-corrected chi connectivity index (χ2v) is 11.8. The molecule has 6 rings (SSSR count). The first-order chi connectivity index (χ1) is 17.1. The van der Waals surface area contributed by atoms with Crippen LogP contribution in [0.2, 0.25) is 0 Å². The molecule has 4 saturated carbocycles. The van der Waals surface area contributed by atoms with E-state index in [1.165, 1.54) is 6.92 Å². The largest absolute Gasteiger partial charge is 0.378 e. The third-order valence-electron chi connectivity index (χ3n) is 8.55. The van der Waals surface area contributed by atoms with Gasteiger partial charge in [-0.1, -0.05) is 0 Å². The first-order valence-corrected chi connectivity index (χ1v) is 13.1. The van der Waals surface area contributed by atoms with Crippen molar-refractivity contribution in [3.63, 3.8) is 0 Å². The number of nitrogens with one attached hydrogen (secondary N) is 2. The molecule has 2 unspecified atom stereocenters. The molecule has 5 aliphatic rings. The van der Waals surface area contributed by atoms with Gasteiger partial charge < -0.3 is 26.0 Å². The number of hydrogen-bond donors (Lipinski definition) is 3. The Labute approximate surface area is 212 Å². The number of aromatic nitrogens is 2. The second-order valence-electron chi connectivity index (χ2n) is 11.8. The van der Waals surface area contributed by atoms with E-state index in [9.17, 15) is 14.4 Å². The van der Waals surface area contributed by atoms with Crippen molar-refractivity contribution in [3.8, 4) is 0 Å². The van der Waals surface area contributed by atoms with E-state index >= 15 is 0 Å². The number of rotatable bonds is 7. The number of carbonyl (C=O) groups is 3. The van der Waals surface area contributed by atoms with Crippen molar-refractivity contribution in [1.29, 1.82) is 0 Å². The summed E-state index contributed by atoms with van der Waals surface area (Å²) in [6, 6.07) is 0.0525. The van der Waals surface area contributed by atoms with E-state index in [2.05, 4.69) is 20.6 Å². The molecule has 10 heteroatoms. The first kappa shape index (κ1) is 24.8. The topological polar surface area (TPSA) is 132 Å². The fraction of sp³-hybridized carbons (Fsp3) is 0.692. The third kappa shape index (κ3) is 4.63. The summed E-state index contributed by atoms with van der Waals surface area (Å²) in [4.78, 5) is 39.7. The Bertz CT molecular complexity index is 1060. The van der Waals surface area contributed by atoms with Gasteiger partial charge in [0.25, 0.3) is 5.91 Å². The molecule has 4 aliphatic carbocycles. The number of primary amides is 1. The summed E-state index contributed by atoms with van der Waals surface area (Å²) in [5, 5.41) is 10.8. The van der Waals surface area contributed by atoms with Crippen LogP contribution in [0.1, 0.15) is 63.2 Å². The number of amides is 3. The molecule has 0 radical (unpaired) electrons. The standard InChI is InChI=1S/C26H38N6O4/c1-16(33)30-25(2,3)4-5-32-23(31-6-8-36-9-7-31)20(15-28-32)22(34)29-21-18-10-17-11-19(21)14-26(12-17,13-18)24(27)35/h4-5,15,17-19,21H,6-14H2,1-3H3,(H2,27,35)(H,29,34)(H,30,33)/b5-4+/t17?,18?,19?,21-,26-. The molecule has 1 aliphatic heterocycles. The van der Waals surface area contributed by atoms with Crippen molar-refractivity contribution in [3.05, 3.63) is 17.8 Å². The van der Waals surface area contributed by atoms with Gasteiger partial charge >= 0.3 is 0 Å². The number of anilines is 1. The lowest BCUT2D eigenvalue weighted by molar-refractivity contribution is -0.145. The highest BCUT2D eigenvalue weighted by Crippen LogP contribution is 2.60. The highest BCUT2D eigenvalue weighted by molar-refractivity contribution is 5.99. The maximum Gasteiger partial charge on any atom is 0.256 e. The van der Waals surface area contributed by atoms with Crippen molar-refractivity contribution in [2.24, 2.45) is 28.9 Å². The van der Waals surface area contributed by atoms with Crippen molar-refractivity contribution in [2.75, 3.05) is 31.2 Å². The average Bonchev–Trinajstić information content (AvgIpc) is 3.23. The Hall–Kier alpha value is -2.88. The van der Waals surface area contributed by atoms with E-state index in [-0.39, 0.29) is 41.0 Å². The zero-order valence-corrected chi connectivity index (χ0v) is 21.5. The van der Waals surface area contributed by atoms with Crippen LogP contribution < -0.4 is 21.3 Å². The molecule has 3 amide bonds. The van der Waals surface area contributed by atoms with Crippen LogP contribution in [0.3, 0.4) is 0 Å². The van der Waals surface area contributed by atoms with Gasteiger partial charge in [-0.15, -0.1) is 0 Å². The summed E-state index contributed by atoms with van der Waals surface area (Å²) >= 11 is 0. The summed E-state index contributed by atoms with van der Waals surface area (Å²) in [7, 11) is 0. The monoisotopic (exact) mass is 498 g/mol. The Kier molecular flexibility index (Phi) is 6.34. The minimum absolute atomic E-state index is 0.0525. The van der Waals surface area contributed by atoms with E-state index in [1.807, 2.05) is 19.9 Å². The maximum absolute atomic E-state index is 13.7. The van der Waals surface area contributed by atoms with Crippen LogP contribution in [0.5, 0.6) is 0 Å². The summed E-state index contributed by atoms with van der Waals surface area (Å²) < 4.78 is 7.25. The van der Waals surface area contributed by atoms with E-state index < -0.39 is 5.54 Å². The van der Waals surface area contributed by atoms with Crippen molar-refractivity contribution >= 4 is 29.7 Å². The lowest BCUT2D eigenvalue weighted by Crippen LogP contribution is -2.62. The first-order valence-electron chi connectivity index (χ1n) is 13.1. The number of nitrogens with zero attached hydrogens (tertiary/aromatic N) is 3. The summed E-state index contributed by atoms with van der Waals surface area (Å²) in [5.41, 5.74) is 5.41. The Balaban J connectivity index is 1.39. The minimum atomic E-state index is -0.570.